The normalized spacial score (nSPS) is 13.0. The number of benzene rings is 1. The monoisotopic (exact) mass is 288 g/mol. The summed E-state index contributed by atoms with van der Waals surface area (Å²) in [6.07, 6.45) is 0. The average Bonchev–Trinajstić information content (AvgIpc) is 2.36. The Morgan fingerprint density at radius 2 is 2.16 bits per heavy atom. The molecule has 0 radical (unpaired) electrons. The molecular weight excluding hydrogens is 272 g/mol. The van der Waals surface area contributed by atoms with Crippen molar-refractivity contribution in [2.45, 2.75) is 17.9 Å². The Kier molecular flexibility index (Phi) is 4.87. The van der Waals surface area contributed by atoms with E-state index in [1.807, 2.05) is 0 Å². The van der Waals surface area contributed by atoms with Gasteiger partial charge in [-0.3, -0.25) is 0 Å². The predicted octanol–water partition coefficient (Wildman–Crippen LogP) is -0.286. The topological polar surface area (TPSA) is 119 Å². The zero-order valence-electron chi connectivity index (χ0n) is 10.6. The van der Waals surface area contributed by atoms with Gasteiger partial charge in [0.2, 0.25) is 10.0 Å². The summed E-state index contributed by atoms with van der Waals surface area (Å²) in [6, 6.07) is 3.11. The van der Waals surface area contributed by atoms with E-state index in [9.17, 15) is 13.2 Å². The standard InChI is InChI=1S/C11H16N2O5S/c1-7(6-14)13-19(16,17)10-4-3-8(5-9(10)12)11(15)18-2/h3-5,7,13-14H,6,12H2,1-2H3/t7-/m1/s1. The number of rotatable bonds is 5. The SMILES string of the molecule is COC(=O)c1ccc(S(=O)(=O)N[C@H](C)CO)c(N)c1. The van der Waals surface area contributed by atoms with E-state index in [2.05, 4.69) is 9.46 Å². The highest BCUT2D eigenvalue weighted by molar-refractivity contribution is 7.89. The second-order valence-corrected chi connectivity index (χ2v) is 5.63. The van der Waals surface area contributed by atoms with Crippen molar-refractivity contribution in [3.8, 4) is 0 Å². The van der Waals surface area contributed by atoms with Gasteiger partial charge in [0.15, 0.2) is 0 Å². The predicted molar refractivity (Wildman–Crippen MR) is 69.1 cm³/mol. The molecule has 1 aromatic carbocycles. The van der Waals surface area contributed by atoms with Crippen LogP contribution in [-0.4, -0.2) is 39.3 Å². The molecule has 0 unspecified atom stereocenters. The van der Waals surface area contributed by atoms with Crippen molar-refractivity contribution in [3.05, 3.63) is 23.8 Å². The second kappa shape index (κ2) is 6.00. The van der Waals surface area contributed by atoms with E-state index in [0.717, 1.165) is 0 Å². The maximum absolute atomic E-state index is 12.0. The van der Waals surface area contributed by atoms with Crippen LogP contribution in [0, 0.1) is 0 Å². The minimum absolute atomic E-state index is 0.0689. The molecule has 19 heavy (non-hydrogen) atoms. The quantitative estimate of drug-likeness (QED) is 0.506. The Hall–Kier alpha value is -1.64. The number of hydrogen-bond donors (Lipinski definition) is 3. The molecule has 0 aromatic heterocycles. The molecule has 0 heterocycles. The first kappa shape index (κ1) is 15.4. The first-order valence-corrected chi connectivity index (χ1v) is 6.91. The molecule has 0 fully saturated rings. The van der Waals surface area contributed by atoms with E-state index in [1.165, 1.54) is 32.2 Å². The highest BCUT2D eigenvalue weighted by Crippen LogP contribution is 2.20. The van der Waals surface area contributed by atoms with E-state index >= 15 is 0 Å². The third kappa shape index (κ3) is 3.66. The number of aliphatic hydroxyl groups is 1. The molecule has 0 saturated carbocycles. The van der Waals surface area contributed by atoms with Crippen molar-refractivity contribution in [2.75, 3.05) is 19.5 Å². The summed E-state index contributed by atoms with van der Waals surface area (Å²) in [7, 11) is -2.62. The third-order valence-electron chi connectivity index (χ3n) is 2.35. The fourth-order valence-electron chi connectivity index (χ4n) is 1.40. The fourth-order valence-corrected chi connectivity index (χ4v) is 2.75. The largest absolute Gasteiger partial charge is 0.465 e. The highest BCUT2D eigenvalue weighted by atomic mass is 32.2. The Morgan fingerprint density at radius 3 is 2.63 bits per heavy atom. The lowest BCUT2D eigenvalue weighted by Crippen LogP contribution is -2.35. The zero-order valence-corrected chi connectivity index (χ0v) is 11.4. The number of esters is 1. The fraction of sp³-hybridized carbons (Fsp3) is 0.364. The molecule has 0 bridgehead atoms. The van der Waals surface area contributed by atoms with Gasteiger partial charge in [0, 0.05) is 6.04 Å². The third-order valence-corrected chi connectivity index (χ3v) is 4.01. The molecule has 4 N–H and O–H groups in total. The van der Waals surface area contributed by atoms with E-state index in [0.29, 0.717) is 0 Å². The molecule has 0 amide bonds. The summed E-state index contributed by atoms with van der Waals surface area (Å²) in [5.74, 6) is -0.604. The van der Waals surface area contributed by atoms with Gasteiger partial charge in [-0.15, -0.1) is 0 Å². The minimum atomic E-state index is -3.84. The van der Waals surface area contributed by atoms with Crippen LogP contribution < -0.4 is 10.5 Å². The van der Waals surface area contributed by atoms with Gasteiger partial charge in [-0.1, -0.05) is 0 Å². The van der Waals surface area contributed by atoms with E-state index < -0.39 is 22.0 Å². The summed E-state index contributed by atoms with van der Waals surface area (Å²) in [5, 5.41) is 8.84. The van der Waals surface area contributed by atoms with Crippen molar-refractivity contribution in [2.24, 2.45) is 0 Å². The minimum Gasteiger partial charge on any atom is -0.465 e. The molecule has 7 nitrogen and oxygen atoms in total. The average molecular weight is 288 g/mol. The summed E-state index contributed by atoms with van der Waals surface area (Å²) < 4.78 is 30.7. The number of aliphatic hydroxyl groups excluding tert-OH is 1. The summed E-state index contributed by atoms with van der Waals surface area (Å²) >= 11 is 0. The summed E-state index contributed by atoms with van der Waals surface area (Å²) in [4.78, 5) is 11.1. The van der Waals surface area contributed by atoms with Gasteiger partial charge in [-0.25, -0.2) is 17.9 Å². The molecule has 0 saturated heterocycles. The van der Waals surface area contributed by atoms with Gasteiger partial charge < -0.3 is 15.6 Å². The van der Waals surface area contributed by atoms with Crippen LogP contribution in [0.15, 0.2) is 23.1 Å². The zero-order chi connectivity index (χ0) is 14.6. The lowest BCUT2D eigenvalue weighted by atomic mass is 10.2. The number of nitrogens with two attached hydrogens (primary N) is 1. The molecule has 106 valence electrons. The van der Waals surface area contributed by atoms with Gasteiger partial charge in [-0.05, 0) is 25.1 Å². The van der Waals surface area contributed by atoms with Gasteiger partial charge in [0.05, 0.1) is 25.0 Å². The number of nitrogen functional groups attached to an aromatic ring is 1. The van der Waals surface area contributed by atoms with E-state index in [4.69, 9.17) is 10.8 Å². The van der Waals surface area contributed by atoms with Gasteiger partial charge >= 0.3 is 5.97 Å². The molecule has 1 rings (SSSR count). The van der Waals surface area contributed by atoms with Crippen molar-refractivity contribution < 1.29 is 23.1 Å². The van der Waals surface area contributed by atoms with Crippen LogP contribution in [0.1, 0.15) is 17.3 Å². The Morgan fingerprint density at radius 1 is 1.53 bits per heavy atom. The number of sulfonamides is 1. The maximum atomic E-state index is 12.0. The lowest BCUT2D eigenvalue weighted by molar-refractivity contribution is 0.0600. The van der Waals surface area contributed by atoms with E-state index in [-0.39, 0.29) is 22.8 Å². The Bertz CT molecular complexity index is 570. The van der Waals surface area contributed by atoms with Gasteiger partial charge in [-0.2, -0.15) is 0 Å². The number of carbonyl (C=O) groups excluding carboxylic acids is 1. The molecule has 0 spiro atoms. The molecule has 0 aliphatic heterocycles. The number of hydrogen-bond acceptors (Lipinski definition) is 6. The molecule has 8 heteroatoms. The van der Waals surface area contributed by atoms with Crippen molar-refractivity contribution in [1.82, 2.24) is 4.72 Å². The van der Waals surface area contributed by atoms with Crippen molar-refractivity contribution in [3.63, 3.8) is 0 Å². The van der Waals surface area contributed by atoms with Crippen LogP contribution in [0.3, 0.4) is 0 Å². The first-order valence-electron chi connectivity index (χ1n) is 5.43. The number of carbonyl (C=O) groups is 1. The van der Waals surface area contributed by atoms with Crippen LogP contribution in [0.25, 0.3) is 0 Å². The van der Waals surface area contributed by atoms with Crippen LogP contribution in [0.5, 0.6) is 0 Å². The Balaban J connectivity index is 3.12. The highest BCUT2D eigenvalue weighted by Gasteiger charge is 2.20. The first-order chi connectivity index (χ1) is 8.81. The number of ether oxygens (including phenoxy) is 1. The van der Waals surface area contributed by atoms with E-state index in [1.54, 1.807) is 0 Å². The van der Waals surface area contributed by atoms with Crippen LogP contribution in [0.2, 0.25) is 0 Å². The number of nitrogens with one attached hydrogen (secondary N) is 1. The Labute approximate surface area is 111 Å². The molecule has 1 aromatic rings. The molecule has 0 aliphatic rings. The second-order valence-electron chi connectivity index (χ2n) is 3.95. The maximum Gasteiger partial charge on any atom is 0.337 e. The summed E-state index contributed by atoms with van der Waals surface area (Å²) in [6.45, 7) is 1.18. The van der Waals surface area contributed by atoms with Crippen molar-refractivity contribution in [1.29, 1.82) is 0 Å². The number of methoxy groups -OCH3 is 1. The van der Waals surface area contributed by atoms with Crippen LogP contribution in [-0.2, 0) is 14.8 Å². The molecule has 0 aliphatic carbocycles. The van der Waals surface area contributed by atoms with Crippen LogP contribution in [0.4, 0.5) is 5.69 Å². The number of anilines is 1. The van der Waals surface area contributed by atoms with Gasteiger partial charge in [0.25, 0.3) is 0 Å². The van der Waals surface area contributed by atoms with Crippen molar-refractivity contribution >= 4 is 21.7 Å². The molecule has 1 atom stereocenters. The van der Waals surface area contributed by atoms with Crippen LogP contribution >= 0.6 is 0 Å². The molecular formula is C11H16N2O5S. The summed E-state index contributed by atoms with van der Waals surface area (Å²) in [5.41, 5.74) is 5.72. The lowest BCUT2D eigenvalue weighted by Gasteiger charge is -2.13. The van der Waals surface area contributed by atoms with Gasteiger partial charge in [0.1, 0.15) is 4.90 Å². The smallest absolute Gasteiger partial charge is 0.337 e.